The van der Waals surface area contributed by atoms with Crippen molar-refractivity contribution in [2.45, 2.75) is 26.1 Å². The van der Waals surface area contributed by atoms with Crippen LogP contribution in [0.15, 0.2) is 22.8 Å². The normalized spacial score (nSPS) is 17.8. The maximum atomic E-state index is 11.7. The van der Waals surface area contributed by atoms with Gasteiger partial charge in [-0.2, -0.15) is 0 Å². The minimum absolute atomic E-state index is 0.0941. The molecule has 1 amide bonds. The topological polar surface area (TPSA) is 78.2 Å². The Morgan fingerprint density at radius 2 is 2.12 bits per heavy atom. The lowest BCUT2D eigenvalue weighted by atomic mass is 10.2. The number of carbonyl (C=O) groups excluding carboxylic acids is 1. The first-order valence-electron chi connectivity index (χ1n) is 8.67. The van der Waals surface area contributed by atoms with E-state index < -0.39 is 6.10 Å². The van der Waals surface area contributed by atoms with Crippen LogP contribution in [0.25, 0.3) is 0 Å². The predicted molar refractivity (Wildman–Crippen MR) is 90.6 cm³/mol. The Hall–Kier alpha value is -1.41. The van der Waals surface area contributed by atoms with Gasteiger partial charge in [-0.3, -0.25) is 14.6 Å². The maximum Gasteiger partial charge on any atom is 0.234 e. The number of β-amino-alcohol motifs (C(OH)–C–C–N with tert-alkyl or cyclic N) is 1. The van der Waals surface area contributed by atoms with E-state index in [-0.39, 0.29) is 5.91 Å². The standard InChI is InChI=1S/C17H29N3O4/c1-2-5-18-17(22)12-20-8-6-19(7-9-20)11-15(21)13-23-14-16-4-3-10-24-16/h3-4,10,15,21H,2,5-9,11-14H2,1H3,(H,18,22). The van der Waals surface area contributed by atoms with Gasteiger partial charge in [0, 0.05) is 39.3 Å². The SMILES string of the molecule is CCCNC(=O)CN1CCN(CC(O)COCc2ccco2)CC1. The molecule has 2 heterocycles. The van der Waals surface area contributed by atoms with Gasteiger partial charge in [0.15, 0.2) is 0 Å². The summed E-state index contributed by atoms with van der Waals surface area (Å²) in [4.78, 5) is 16.1. The number of aliphatic hydroxyl groups excluding tert-OH is 1. The molecule has 2 N–H and O–H groups in total. The number of piperazine rings is 1. The fourth-order valence-corrected chi connectivity index (χ4v) is 2.69. The van der Waals surface area contributed by atoms with Crippen LogP contribution < -0.4 is 5.32 Å². The average molecular weight is 339 g/mol. The number of nitrogens with one attached hydrogen (secondary N) is 1. The van der Waals surface area contributed by atoms with Gasteiger partial charge in [-0.05, 0) is 18.6 Å². The zero-order valence-electron chi connectivity index (χ0n) is 14.4. The fourth-order valence-electron chi connectivity index (χ4n) is 2.69. The third-order valence-electron chi connectivity index (χ3n) is 4.01. The van der Waals surface area contributed by atoms with E-state index in [0.29, 0.717) is 26.3 Å². The van der Waals surface area contributed by atoms with Crippen LogP contribution in [0.2, 0.25) is 0 Å². The lowest BCUT2D eigenvalue weighted by Crippen LogP contribution is -2.51. The first kappa shape index (κ1) is 18.9. The summed E-state index contributed by atoms with van der Waals surface area (Å²) < 4.78 is 10.6. The Morgan fingerprint density at radius 3 is 2.79 bits per heavy atom. The van der Waals surface area contributed by atoms with E-state index in [0.717, 1.165) is 44.9 Å². The largest absolute Gasteiger partial charge is 0.467 e. The highest BCUT2D eigenvalue weighted by atomic mass is 16.5. The van der Waals surface area contributed by atoms with Gasteiger partial charge in [0.05, 0.1) is 25.5 Å². The fraction of sp³-hybridized carbons (Fsp3) is 0.706. The van der Waals surface area contributed by atoms with Crippen molar-refractivity contribution < 1.29 is 19.1 Å². The molecule has 1 unspecified atom stereocenters. The lowest BCUT2D eigenvalue weighted by Gasteiger charge is -2.35. The summed E-state index contributed by atoms with van der Waals surface area (Å²) in [6, 6.07) is 3.67. The van der Waals surface area contributed by atoms with Crippen LogP contribution in [-0.2, 0) is 16.1 Å². The Kier molecular flexibility index (Phi) is 8.24. The molecule has 1 aromatic rings. The van der Waals surface area contributed by atoms with Crippen molar-refractivity contribution >= 4 is 5.91 Å². The van der Waals surface area contributed by atoms with Gasteiger partial charge in [0.2, 0.25) is 5.91 Å². The summed E-state index contributed by atoms with van der Waals surface area (Å²) in [5, 5.41) is 13.0. The van der Waals surface area contributed by atoms with Gasteiger partial charge in [-0.15, -0.1) is 0 Å². The van der Waals surface area contributed by atoms with E-state index >= 15 is 0 Å². The number of furan rings is 1. The number of nitrogens with zero attached hydrogens (tertiary/aromatic N) is 2. The summed E-state index contributed by atoms with van der Waals surface area (Å²) in [5.41, 5.74) is 0. The molecule has 1 saturated heterocycles. The second kappa shape index (κ2) is 10.5. The van der Waals surface area contributed by atoms with E-state index in [1.165, 1.54) is 0 Å². The third kappa shape index (κ3) is 7.00. The molecule has 136 valence electrons. The third-order valence-corrected chi connectivity index (χ3v) is 4.01. The van der Waals surface area contributed by atoms with Gasteiger partial charge in [0.25, 0.3) is 0 Å². The van der Waals surface area contributed by atoms with Crippen LogP contribution in [-0.4, -0.2) is 79.3 Å². The lowest BCUT2D eigenvalue weighted by molar-refractivity contribution is -0.122. The Labute approximate surface area is 143 Å². The highest BCUT2D eigenvalue weighted by Gasteiger charge is 2.20. The summed E-state index contributed by atoms with van der Waals surface area (Å²) in [6.07, 6.45) is 2.05. The smallest absolute Gasteiger partial charge is 0.234 e. The molecule has 1 atom stereocenters. The molecule has 2 rings (SSSR count). The van der Waals surface area contributed by atoms with Crippen LogP contribution in [0.5, 0.6) is 0 Å². The van der Waals surface area contributed by atoms with Crippen LogP contribution in [0.1, 0.15) is 19.1 Å². The van der Waals surface area contributed by atoms with E-state index in [1.807, 2.05) is 19.1 Å². The van der Waals surface area contributed by atoms with Crippen molar-refractivity contribution in [1.82, 2.24) is 15.1 Å². The van der Waals surface area contributed by atoms with Gasteiger partial charge < -0.3 is 19.6 Å². The van der Waals surface area contributed by atoms with Crippen molar-refractivity contribution in [2.75, 3.05) is 52.4 Å². The summed E-state index contributed by atoms with van der Waals surface area (Å²) in [7, 11) is 0. The highest BCUT2D eigenvalue weighted by Crippen LogP contribution is 2.05. The number of ether oxygens (including phenoxy) is 1. The number of rotatable bonds is 10. The van der Waals surface area contributed by atoms with Gasteiger partial charge >= 0.3 is 0 Å². The Balaban J connectivity index is 1.55. The minimum atomic E-state index is -0.514. The molecule has 24 heavy (non-hydrogen) atoms. The van der Waals surface area contributed by atoms with E-state index in [9.17, 15) is 9.90 Å². The quantitative estimate of drug-likeness (QED) is 0.638. The van der Waals surface area contributed by atoms with Gasteiger partial charge in [0.1, 0.15) is 12.4 Å². The monoisotopic (exact) mass is 339 g/mol. The Morgan fingerprint density at radius 1 is 1.38 bits per heavy atom. The molecule has 1 aromatic heterocycles. The van der Waals surface area contributed by atoms with E-state index in [1.54, 1.807) is 6.26 Å². The van der Waals surface area contributed by atoms with Crippen molar-refractivity contribution in [1.29, 1.82) is 0 Å². The molecule has 0 radical (unpaired) electrons. The minimum Gasteiger partial charge on any atom is -0.467 e. The zero-order chi connectivity index (χ0) is 17.2. The molecule has 1 aliphatic rings. The number of aliphatic hydroxyl groups is 1. The van der Waals surface area contributed by atoms with Crippen molar-refractivity contribution in [2.24, 2.45) is 0 Å². The zero-order valence-corrected chi connectivity index (χ0v) is 14.4. The van der Waals surface area contributed by atoms with Crippen LogP contribution in [0, 0.1) is 0 Å². The molecular weight excluding hydrogens is 310 g/mol. The van der Waals surface area contributed by atoms with E-state index in [4.69, 9.17) is 9.15 Å². The molecule has 0 spiro atoms. The first-order chi connectivity index (χ1) is 11.7. The van der Waals surface area contributed by atoms with Crippen LogP contribution >= 0.6 is 0 Å². The van der Waals surface area contributed by atoms with Crippen LogP contribution in [0.3, 0.4) is 0 Å². The molecule has 1 aliphatic heterocycles. The summed E-state index contributed by atoms with van der Waals surface area (Å²) in [6.45, 7) is 7.92. The molecule has 7 heteroatoms. The van der Waals surface area contributed by atoms with Crippen molar-refractivity contribution in [3.05, 3.63) is 24.2 Å². The Bertz CT molecular complexity index is 458. The average Bonchev–Trinajstić information content (AvgIpc) is 3.08. The molecular formula is C17H29N3O4. The maximum absolute atomic E-state index is 11.7. The number of hydrogen-bond acceptors (Lipinski definition) is 6. The number of carbonyl (C=O) groups is 1. The first-order valence-corrected chi connectivity index (χ1v) is 8.67. The van der Waals surface area contributed by atoms with Crippen molar-refractivity contribution in [3.8, 4) is 0 Å². The second-order valence-electron chi connectivity index (χ2n) is 6.18. The molecule has 0 aliphatic carbocycles. The molecule has 1 fully saturated rings. The van der Waals surface area contributed by atoms with Crippen LogP contribution in [0.4, 0.5) is 0 Å². The number of amides is 1. The summed E-state index contributed by atoms with van der Waals surface area (Å²) >= 11 is 0. The van der Waals surface area contributed by atoms with Gasteiger partial charge in [-0.1, -0.05) is 6.92 Å². The number of hydrogen-bond donors (Lipinski definition) is 2. The second-order valence-corrected chi connectivity index (χ2v) is 6.18. The molecule has 0 bridgehead atoms. The highest BCUT2D eigenvalue weighted by molar-refractivity contribution is 5.77. The van der Waals surface area contributed by atoms with Crippen molar-refractivity contribution in [3.63, 3.8) is 0 Å². The van der Waals surface area contributed by atoms with E-state index in [2.05, 4.69) is 15.1 Å². The van der Waals surface area contributed by atoms with Gasteiger partial charge in [-0.25, -0.2) is 0 Å². The summed E-state index contributed by atoms with van der Waals surface area (Å²) in [5.74, 6) is 0.855. The molecule has 0 aromatic carbocycles. The molecule has 0 saturated carbocycles. The molecule has 7 nitrogen and oxygen atoms in total. The predicted octanol–water partition coefficient (Wildman–Crippen LogP) is 0.301.